The summed E-state index contributed by atoms with van der Waals surface area (Å²) in [6.07, 6.45) is 0. The number of H-pyrrole nitrogens is 1. The number of rotatable bonds is 6. The number of carbonyl (C=O) groups excluding carboxylic acids is 1. The van der Waals surface area contributed by atoms with Crippen molar-refractivity contribution < 1.29 is 13.9 Å². The Balaban J connectivity index is 1.63. The van der Waals surface area contributed by atoms with E-state index in [-0.39, 0.29) is 24.4 Å². The van der Waals surface area contributed by atoms with Crippen LogP contribution in [0.3, 0.4) is 0 Å². The molecule has 1 N–H and O–H groups in total. The number of nitrogens with zero attached hydrogens (tertiary/aromatic N) is 2. The standard InChI is InChI=1S/C18H18FN3O2S/c1-12(17-7-4-8-25-17)22(2)18(23)16-10-14(20-21-16)11-24-15-6-3-5-13(19)9-15/h3-10,12H,11H2,1-2H3,(H,20,21)/t12-/m0/s1. The quantitative estimate of drug-likeness (QED) is 0.723. The third-order valence-corrected chi connectivity index (χ3v) is 4.94. The minimum atomic E-state index is -0.359. The molecule has 0 aliphatic carbocycles. The Morgan fingerprint density at radius 2 is 2.20 bits per heavy atom. The Bertz CT molecular complexity index is 848. The molecule has 130 valence electrons. The first kappa shape index (κ1) is 17.2. The zero-order chi connectivity index (χ0) is 17.8. The van der Waals surface area contributed by atoms with E-state index in [0.717, 1.165) is 4.88 Å². The number of halogens is 1. The molecule has 2 heterocycles. The van der Waals surface area contributed by atoms with Crippen molar-refractivity contribution in [3.05, 3.63) is 69.9 Å². The van der Waals surface area contributed by atoms with E-state index in [9.17, 15) is 9.18 Å². The molecule has 0 saturated heterocycles. The van der Waals surface area contributed by atoms with Crippen LogP contribution in [0, 0.1) is 5.82 Å². The number of thiophene rings is 1. The van der Waals surface area contributed by atoms with Crippen LogP contribution in [0.4, 0.5) is 4.39 Å². The van der Waals surface area contributed by atoms with Crippen molar-refractivity contribution in [3.63, 3.8) is 0 Å². The van der Waals surface area contributed by atoms with Crippen molar-refractivity contribution in [1.29, 1.82) is 0 Å². The van der Waals surface area contributed by atoms with E-state index in [1.165, 1.54) is 12.1 Å². The summed E-state index contributed by atoms with van der Waals surface area (Å²) in [7, 11) is 1.75. The maximum Gasteiger partial charge on any atom is 0.274 e. The van der Waals surface area contributed by atoms with Crippen molar-refractivity contribution in [2.24, 2.45) is 0 Å². The van der Waals surface area contributed by atoms with Gasteiger partial charge in [-0.3, -0.25) is 9.89 Å². The summed E-state index contributed by atoms with van der Waals surface area (Å²) >= 11 is 1.61. The Morgan fingerprint density at radius 3 is 2.92 bits per heavy atom. The molecule has 2 aromatic heterocycles. The highest BCUT2D eigenvalue weighted by Crippen LogP contribution is 2.24. The molecular weight excluding hydrogens is 341 g/mol. The molecule has 1 aromatic carbocycles. The van der Waals surface area contributed by atoms with Crippen LogP contribution in [-0.4, -0.2) is 28.1 Å². The Labute approximate surface area is 149 Å². The van der Waals surface area contributed by atoms with Gasteiger partial charge < -0.3 is 9.64 Å². The van der Waals surface area contributed by atoms with E-state index in [1.54, 1.807) is 41.5 Å². The van der Waals surface area contributed by atoms with Gasteiger partial charge in [-0.25, -0.2) is 4.39 Å². The van der Waals surface area contributed by atoms with Gasteiger partial charge in [-0.1, -0.05) is 12.1 Å². The monoisotopic (exact) mass is 359 g/mol. The van der Waals surface area contributed by atoms with Crippen LogP contribution in [0.25, 0.3) is 0 Å². The van der Waals surface area contributed by atoms with Crippen molar-refractivity contribution in [1.82, 2.24) is 15.1 Å². The van der Waals surface area contributed by atoms with Crippen LogP contribution in [-0.2, 0) is 6.61 Å². The Morgan fingerprint density at radius 1 is 1.36 bits per heavy atom. The number of amides is 1. The van der Waals surface area contributed by atoms with Gasteiger partial charge in [-0.05, 0) is 36.6 Å². The normalized spacial score (nSPS) is 12.0. The van der Waals surface area contributed by atoms with E-state index < -0.39 is 0 Å². The van der Waals surface area contributed by atoms with Gasteiger partial charge in [-0.15, -0.1) is 11.3 Å². The van der Waals surface area contributed by atoms with E-state index in [0.29, 0.717) is 17.1 Å². The van der Waals surface area contributed by atoms with Crippen molar-refractivity contribution in [2.45, 2.75) is 19.6 Å². The van der Waals surface area contributed by atoms with Crippen LogP contribution in [0.1, 0.15) is 34.0 Å². The van der Waals surface area contributed by atoms with Crippen molar-refractivity contribution in [2.75, 3.05) is 7.05 Å². The van der Waals surface area contributed by atoms with Gasteiger partial charge in [0.2, 0.25) is 0 Å². The van der Waals surface area contributed by atoms with E-state index in [2.05, 4.69) is 10.2 Å². The zero-order valence-electron chi connectivity index (χ0n) is 13.9. The summed E-state index contributed by atoms with van der Waals surface area (Å²) in [5, 5.41) is 8.84. The number of nitrogens with one attached hydrogen (secondary N) is 1. The van der Waals surface area contributed by atoms with Gasteiger partial charge in [0.05, 0.1) is 11.7 Å². The SMILES string of the molecule is C[C@@H](c1cccs1)N(C)C(=O)c1cc(COc2cccc(F)c2)[nH]n1. The third kappa shape index (κ3) is 4.06. The number of aromatic amines is 1. The lowest BCUT2D eigenvalue weighted by Crippen LogP contribution is -2.29. The predicted molar refractivity (Wildman–Crippen MR) is 94.1 cm³/mol. The molecule has 3 rings (SSSR count). The van der Waals surface area contributed by atoms with Gasteiger partial charge in [0, 0.05) is 18.0 Å². The van der Waals surface area contributed by atoms with Crippen molar-refractivity contribution >= 4 is 17.2 Å². The molecule has 0 aliphatic rings. The predicted octanol–water partition coefficient (Wildman–Crippen LogP) is 4.02. The van der Waals surface area contributed by atoms with Gasteiger partial charge in [0.1, 0.15) is 18.2 Å². The van der Waals surface area contributed by atoms with Crippen LogP contribution in [0.15, 0.2) is 47.8 Å². The largest absolute Gasteiger partial charge is 0.487 e. The summed E-state index contributed by atoms with van der Waals surface area (Å²) in [5.41, 5.74) is 0.966. The molecule has 1 amide bonds. The summed E-state index contributed by atoms with van der Waals surface area (Å²) in [6, 6.07) is 11.5. The third-order valence-electron chi connectivity index (χ3n) is 3.90. The van der Waals surface area contributed by atoms with Gasteiger partial charge in [0.15, 0.2) is 5.69 Å². The van der Waals surface area contributed by atoms with Crippen LogP contribution in [0.5, 0.6) is 5.75 Å². The number of carbonyl (C=O) groups is 1. The van der Waals surface area contributed by atoms with E-state index in [1.807, 2.05) is 24.4 Å². The van der Waals surface area contributed by atoms with Gasteiger partial charge >= 0.3 is 0 Å². The molecule has 3 aromatic rings. The van der Waals surface area contributed by atoms with Crippen molar-refractivity contribution in [3.8, 4) is 5.75 Å². The average Bonchev–Trinajstić information content (AvgIpc) is 3.30. The molecule has 0 saturated carbocycles. The first-order valence-electron chi connectivity index (χ1n) is 7.78. The molecule has 25 heavy (non-hydrogen) atoms. The lowest BCUT2D eigenvalue weighted by Gasteiger charge is -2.23. The number of benzene rings is 1. The summed E-state index contributed by atoms with van der Waals surface area (Å²) in [5.74, 6) is -0.109. The van der Waals surface area contributed by atoms with Crippen LogP contribution >= 0.6 is 11.3 Å². The minimum Gasteiger partial charge on any atom is -0.487 e. The second-order valence-electron chi connectivity index (χ2n) is 5.63. The molecule has 0 radical (unpaired) electrons. The fourth-order valence-electron chi connectivity index (χ4n) is 2.34. The Hall–Kier alpha value is -2.67. The highest BCUT2D eigenvalue weighted by atomic mass is 32.1. The second-order valence-corrected chi connectivity index (χ2v) is 6.61. The van der Waals surface area contributed by atoms with Crippen LogP contribution < -0.4 is 4.74 Å². The molecule has 0 spiro atoms. The van der Waals surface area contributed by atoms with E-state index in [4.69, 9.17) is 4.74 Å². The zero-order valence-corrected chi connectivity index (χ0v) is 14.7. The molecular formula is C18H18FN3O2S. The smallest absolute Gasteiger partial charge is 0.274 e. The Kier molecular flexibility index (Phi) is 5.14. The summed E-state index contributed by atoms with van der Waals surface area (Å²) in [4.78, 5) is 15.3. The van der Waals surface area contributed by atoms with Gasteiger partial charge in [0.25, 0.3) is 5.91 Å². The van der Waals surface area contributed by atoms with Crippen LogP contribution in [0.2, 0.25) is 0 Å². The number of aromatic nitrogens is 2. The summed E-state index contributed by atoms with van der Waals surface area (Å²) in [6.45, 7) is 2.15. The molecule has 0 unspecified atom stereocenters. The minimum absolute atomic E-state index is 0.0313. The lowest BCUT2D eigenvalue weighted by molar-refractivity contribution is 0.0739. The van der Waals surface area contributed by atoms with Gasteiger partial charge in [-0.2, -0.15) is 5.10 Å². The first-order valence-corrected chi connectivity index (χ1v) is 8.66. The molecule has 1 atom stereocenters. The molecule has 5 nitrogen and oxygen atoms in total. The topological polar surface area (TPSA) is 58.2 Å². The molecule has 7 heteroatoms. The average molecular weight is 359 g/mol. The molecule has 0 bridgehead atoms. The molecule has 0 aliphatic heterocycles. The highest BCUT2D eigenvalue weighted by molar-refractivity contribution is 7.10. The highest BCUT2D eigenvalue weighted by Gasteiger charge is 2.21. The fourth-order valence-corrected chi connectivity index (χ4v) is 3.17. The fraction of sp³-hybridized carbons (Fsp3) is 0.222. The maximum absolute atomic E-state index is 13.1. The summed E-state index contributed by atoms with van der Waals surface area (Å²) < 4.78 is 18.6. The second kappa shape index (κ2) is 7.48. The van der Waals surface area contributed by atoms with E-state index >= 15 is 0 Å². The molecule has 0 fully saturated rings. The number of hydrogen-bond acceptors (Lipinski definition) is 4. The number of hydrogen-bond donors (Lipinski definition) is 1. The maximum atomic E-state index is 13.1. The first-order chi connectivity index (χ1) is 12.0. The number of ether oxygens (including phenoxy) is 1. The lowest BCUT2D eigenvalue weighted by atomic mass is 10.2.